The minimum atomic E-state index is -4.00. The lowest BCUT2D eigenvalue weighted by atomic mass is 10.2. The van der Waals surface area contributed by atoms with Crippen molar-refractivity contribution in [3.8, 4) is 6.07 Å². The highest BCUT2D eigenvalue weighted by Crippen LogP contribution is 2.20. The Morgan fingerprint density at radius 1 is 1.55 bits per heavy atom. The molecule has 0 aromatic heterocycles. The van der Waals surface area contributed by atoms with Gasteiger partial charge in [0.15, 0.2) is 0 Å². The van der Waals surface area contributed by atoms with Crippen LogP contribution in [0.4, 0.5) is 0 Å². The lowest BCUT2D eigenvalue weighted by Crippen LogP contribution is -2.40. The maximum Gasteiger partial charge on any atom is 0.321 e. The monoisotopic (exact) mass is 316 g/mol. The zero-order valence-electron chi connectivity index (χ0n) is 10.6. The van der Waals surface area contributed by atoms with Crippen molar-refractivity contribution in [2.24, 2.45) is 0 Å². The summed E-state index contributed by atoms with van der Waals surface area (Å²) in [5.41, 5.74) is 0.147. The van der Waals surface area contributed by atoms with Crippen molar-refractivity contribution in [2.75, 3.05) is 0 Å². The zero-order valence-corrected chi connectivity index (χ0v) is 12.2. The Hall–Kier alpha value is -1.62. The zero-order chi connectivity index (χ0) is 15.3. The molecule has 1 unspecified atom stereocenters. The molecule has 108 valence electrons. The molecule has 1 aromatic rings. The van der Waals surface area contributed by atoms with Gasteiger partial charge in [0.05, 0.1) is 15.5 Å². The highest BCUT2D eigenvalue weighted by molar-refractivity contribution is 7.89. The third kappa shape index (κ3) is 3.93. The Balaban J connectivity index is 3.08. The first kappa shape index (κ1) is 16.4. The average Bonchev–Trinajstić information content (AvgIpc) is 2.37. The van der Waals surface area contributed by atoms with E-state index >= 15 is 0 Å². The third-order valence-electron chi connectivity index (χ3n) is 2.54. The van der Waals surface area contributed by atoms with E-state index < -0.39 is 22.0 Å². The summed E-state index contributed by atoms with van der Waals surface area (Å²) in [6.07, 6.45) is 0.701. The number of halogens is 1. The normalized spacial score (nSPS) is 12.7. The first-order valence-corrected chi connectivity index (χ1v) is 7.62. The quantitative estimate of drug-likeness (QED) is 0.831. The molecule has 8 heteroatoms. The van der Waals surface area contributed by atoms with Gasteiger partial charge < -0.3 is 5.11 Å². The molecule has 1 aromatic carbocycles. The summed E-state index contributed by atoms with van der Waals surface area (Å²) in [7, 11) is -4.00. The predicted molar refractivity (Wildman–Crippen MR) is 72.8 cm³/mol. The van der Waals surface area contributed by atoms with Crippen molar-refractivity contribution in [3.63, 3.8) is 0 Å². The SMILES string of the molecule is CCCC(NS(=O)(=O)c1ccc(C#N)c(Cl)c1)C(=O)O. The molecule has 0 aliphatic heterocycles. The van der Waals surface area contributed by atoms with Crippen molar-refractivity contribution in [2.45, 2.75) is 30.7 Å². The van der Waals surface area contributed by atoms with Gasteiger partial charge in [0.2, 0.25) is 10.0 Å². The van der Waals surface area contributed by atoms with E-state index in [4.69, 9.17) is 22.0 Å². The number of nitriles is 1. The van der Waals surface area contributed by atoms with E-state index in [0.29, 0.717) is 6.42 Å². The molecule has 0 saturated heterocycles. The number of carbonyl (C=O) groups is 1. The van der Waals surface area contributed by atoms with E-state index in [2.05, 4.69) is 4.72 Å². The van der Waals surface area contributed by atoms with E-state index in [9.17, 15) is 13.2 Å². The van der Waals surface area contributed by atoms with Crippen LogP contribution in [0.3, 0.4) is 0 Å². The van der Waals surface area contributed by atoms with Crippen molar-refractivity contribution in [1.82, 2.24) is 4.72 Å². The fourth-order valence-corrected chi connectivity index (χ4v) is 3.07. The molecular formula is C12H13ClN2O4S. The Morgan fingerprint density at radius 3 is 2.65 bits per heavy atom. The molecule has 0 bridgehead atoms. The van der Waals surface area contributed by atoms with Crippen molar-refractivity contribution in [3.05, 3.63) is 28.8 Å². The largest absolute Gasteiger partial charge is 0.480 e. The van der Waals surface area contributed by atoms with Gasteiger partial charge >= 0.3 is 5.97 Å². The molecule has 1 atom stereocenters. The van der Waals surface area contributed by atoms with Crippen molar-refractivity contribution >= 4 is 27.6 Å². The van der Waals surface area contributed by atoms with E-state index in [1.54, 1.807) is 6.92 Å². The van der Waals surface area contributed by atoms with Crippen LogP contribution in [-0.4, -0.2) is 25.5 Å². The van der Waals surface area contributed by atoms with Gasteiger partial charge in [-0.05, 0) is 24.6 Å². The molecule has 1 rings (SSSR count). The number of rotatable bonds is 6. The molecule has 0 aliphatic rings. The Kier molecular flexibility index (Phi) is 5.51. The summed E-state index contributed by atoms with van der Waals surface area (Å²) < 4.78 is 26.2. The summed E-state index contributed by atoms with van der Waals surface area (Å²) in [6.45, 7) is 1.75. The number of carboxylic acid groups (broad SMARTS) is 1. The number of nitrogens with zero attached hydrogens (tertiary/aromatic N) is 1. The van der Waals surface area contributed by atoms with Crippen LogP contribution in [0.5, 0.6) is 0 Å². The number of aliphatic carboxylic acids is 1. The molecular weight excluding hydrogens is 304 g/mol. The topological polar surface area (TPSA) is 107 Å². The van der Waals surface area contributed by atoms with E-state index in [1.807, 2.05) is 6.07 Å². The Morgan fingerprint density at radius 2 is 2.20 bits per heavy atom. The van der Waals surface area contributed by atoms with Gasteiger partial charge in [-0.25, -0.2) is 8.42 Å². The second kappa shape index (κ2) is 6.70. The summed E-state index contributed by atoms with van der Waals surface area (Å²) in [4.78, 5) is 10.8. The maximum absolute atomic E-state index is 12.1. The van der Waals surface area contributed by atoms with Crippen LogP contribution in [0.25, 0.3) is 0 Å². The maximum atomic E-state index is 12.1. The van der Waals surface area contributed by atoms with Crippen LogP contribution in [0, 0.1) is 11.3 Å². The van der Waals surface area contributed by atoms with Crippen molar-refractivity contribution < 1.29 is 18.3 Å². The number of nitrogens with one attached hydrogen (secondary N) is 1. The number of hydrogen-bond donors (Lipinski definition) is 2. The van der Waals surface area contributed by atoms with Gasteiger partial charge in [-0.15, -0.1) is 0 Å². The van der Waals surface area contributed by atoms with Gasteiger partial charge in [0, 0.05) is 0 Å². The first-order valence-electron chi connectivity index (χ1n) is 5.76. The third-order valence-corrected chi connectivity index (χ3v) is 4.33. The minimum absolute atomic E-state index is 0.00209. The van der Waals surface area contributed by atoms with Gasteiger partial charge in [-0.2, -0.15) is 9.98 Å². The highest BCUT2D eigenvalue weighted by atomic mass is 35.5. The molecule has 0 heterocycles. The first-order chi connectivity index (χ1) is 9.31. The second-order valence-corrected chi connectivity index (χ2v) is 6.18. The molecule has 6 nitrogen and oxygen atoms in total. The minimum Gasteiger partial charge on any atom is -0.480 e. The van der Waals surface area contributed by atoms with Gasteiger partial charge in [0.25, 0.3) is 0 Å². The lowest BCUT2D eigenvalue weighted by Gasteiger charge is -2.14. The second-order valence-electron chi connectivity index (χ2n) is 4.05. The van der Waals surface area contributed by atoms with Crippen molar-refractivity contribution in [1.29, 1.82) is 5.26 Å². The fraction of sp³-hybridized carbons (Fsp3) is 0.333. The summed E-state index contributed by atoms with van der Waals surface area (Å²) in [5, 5.41) is 17.7. The number of sulfonamides is 1. The molecule has 0 saturated carbocycles. The van der Waals surface area contributed by atoms with Gasteiger partial charge in [0.1, 0.15) is 12.1 Å². The average molecular weight is 317 g/mol. The molecule has 0 aliphatic carbocycles. The molecule has 0 radical (unpaired) electrons. The Bertz CT molecular complexity index is 652. The highest BCUT2D eigenvalue weighted by Gasteiger charge is 2.25. The van der Waals surface area contributed by atoms with Crippen LogP contribution in [0.2, 0.25) is 5.02 Å². The van der Waals surface area contributed by atoms with Crippen LogP contribution in [0.15, 0.2) is 23.1 Å². The van der Waals surface area contributed by atoms with Crippen LogP contribution in [-0.2, 0) is 14.8 Å². The Labute approximate surface area is 122 Å². The van der Waals surface area contributed by atoms with Crippen LogP contribution >= 0.6 is 11.6 Å². The van der Waals surface area contributed by atoms with E-state index in [0.717, 1.165) is 6.07 Å². The van der Waals surface area contributed by atoms with E-state index in [1.165, 1.54) is 12.1 Å². The molecule has 20 heavy (non-hydrogen) atoms. The molecule has 0 amide bonds. The van der Waals surface area contributed by atoms with Crippen LogP contribution < -0.4 is 4.72 Å². The van der Waals surface area contributed by atoms with E-state index in [-0.39, 0.29) is 21.9 Å². The summed E-state index contributed by atoms with van der Waals surface area (Å²) >= 11 is 5.76. The van der Waals surface area contributed by atoms with Crippen LogP contribution in [0.1, 0.15) is 25.3 Å². The number of hydrogen-bond acceptors (Lipinski definition) is 4. The number of carboxylic acids is 1. The summed E-state index contributed by atoms with van der Waals surface area (Å²) in [5.74, 6) is -1.24. The fourth-order valence-electron chi connectivity index (χ4n) is 1.53. The van der Waals surface area contributed by atoms with Gasteiger partial charge in [-0.3, -0.25) is 4.79 Å². The molecule has 0 spiro atoms. The lowest BCUT2D eigenvalue weighted by molar-refractivity contribution is -0.139. The summed E-state index contributed by atoms with van der Waals surface area (Å²) in [6, 6.07) is 4.21. The number of benzene rings is 1. The van der Waals surface area contributed by atoms with Gasteiger partial charge in [-0.1, -0.05) is 24.9 Å². The predicted octanol–water partition coefficient (Wildman–Crippen LogP) is 1.74. The smallest absolute Gasteiger partial charge is 0.321 e. The standard InChI is InChI=1S/C12H13ClN2O4S/c1-2-3-11(12(16)17)15-20(18,19)9-5-4-8(7-14)10(13)6-9/h4-6,11,15H,2-3H2,1H3,(H,16,17). The molecule has 0 fully saturated rings. The molecule has 2 N–H and O–H groups in total.